The summed E-state index contributed by atoms with van der Waals surface area (Å²) >= 11 is 0. The number of rotatable bonds is 6. The molecule has 0 aliphatic heterocycles. The summed E-state index contributed by atoms with van der Waals surface area (Å²) in [6.45, 7) is 0.124. The summed E-state index contributed by atoms with van der Waals surface area (Å²) < 4.78 is 0.832. The highest BCUT2D eigenvalue weighted by Gasteiger charge is 2.19. The number of benzene rings is 1. The smallest absolute Gasteiger partial charge is 0.335 e. The van der Waals surface area contributed by atoms with Crippen molar-refractivity contribution in [2.24, 2.45) is 0 Å². The van der Waals surface area contributed by atoms with Crippen LogP contribution < -0.4 is 10.9 Å². The monoisotopic (exact) mass is 434 g/mol. The second kappa shape index (κ2) is 8.43. The number of tetrazole rings is 1. The third-order valence-electron chi connectivity index (χ3n) is 4.27. The lowest BCUT2D eigenvalue weighted by Gasteiger charge is -2.06. The molecule has 13 nitrogen and oxygen atoms in total. The fourth-order valence-electron chi connectivity index (χ4n) is 2.69. The minimum absolute atomic E-state index is 0.0757. The van der Waals surface area contributed by atoms with Crippen LogP contribution in [0.25, 0.3) is 11.6 Å². The summed E-state index contributed by atoms with van der Waals surface area (Å²) in [4.78, 5) is 44.8. The van der Waals surface area contributed by atoms with E-state index in [1.165, 1.54) is 24.3 Å². The highest BCUT2D eigenvalue weighted by Crippen LogP contribution is 2.10. The highest BCUT2D eigenvalue weighted by molar-refractivity contribution is 5.92. The molecule has 0 aliphatic carbocycles. The molecule has 4 aromatic rings. The number of pyridine rings is 1. The molecule has 0 saturated heterocycles. The molecule has 160 valence electrons. The van der Waals surface area contributed by atoms with Gasteiger partial charge in [0.25, 0.3) is 17.4 Å². The molecule has 3 aromatic heterocycles. The van der Waals surface area contributed by atoms with Crippen LogP contribution in [0.1, 0.15) is 26.4 Å². The van der Waals surface area contributed by atoms with Crippen LogP contribution in [-0.2, 0) is 6.54 Å². The molecule has 4 rings (SSSR count). The van der Waals surface area contributed by atoms with Gasteiger partial charge in [-0.2, -0.15) is 0 Å². The third-order valence-corrected chi connectivity index (χ3v) is 4.27. The Morgan fingerprint density at radius 2 is 1.78 bits per heavy atom. The Labute approximate surface area is 178 Å². The standard InChI is InChI=1S/C19H14N8O5/c28-14-10-26(17(30)15(22-14)16(29)21-9-11-5-7-20-8-6-11)19-23-25-27(24-19)13-3-1-12(2-4-13)18(31)32/h1-8,10,28H,9H2,(H,21,29)(H,31,32). The SMILES string of the molecule is O=C(O)c1ccc(-n2nnc(-n3cc(O)nc(C(=O)NCc4ccncc4)c3=O)n2)cc1. The molecule has 0 unspecified atom stereocenters. The van der Waals surface area contributed by atoms with Gasteiger partial charge in [0.15, 0.2) is 5.69 Å². The molecular formula is C19H14N8O5. The summed E-state index contributed by atoms with van der Waals surface area (Å²) in [5, 5.41) is 33.1. The number of nitrogens with one attached hydrogen (secondary N) is 1. The van der Waals surface area contributed by atoms with Crippen LogP contribution in [0, 0.1) is 0 Å². The van der Waals surface area contributed by atoms with Crippen molar-refractivity contribution >= 4 is 11.9 Å². The predicted octanol–water partition coefficient (Wildman–Crippen LogP) is -0.0630. The Bertz CT molecular complexity index is 1350. The minimum atomic E-state index is -1.09. The number of hydrogen-bond acceptors (Lipinski definition) is 9. The molecule has 0 saturated carbocycles. The quantitative estimate of drug-likeness (QED) is 0.372. The van der Waals surface area contributed by atoms with Crippen LogP contribution in [0.15, 0.2) is 59.8 Å². The molecule has 3 N–H and O–H groups in total. The van der Waals surface area contributed by atoms with E-state index in [0.29, 0.717) is 5.69 Å². The van der Waals surface area contributed by atoms with Gasteiger partial charge in [0.2, 0.25) is 5.88 Å². The Kier molecular flexibility index (Phi) is 5.36. The van der Waals surface area contributed by atoms with Gasteiger partial charge in [-0.05, 0) is 47.2 Å². The number of carboxylic acid groups (broad SMARTS) is 1. The Morgan fingerprint density at radius 3 is 2.47 bits per heavy atom. The predicted molar refractivity (Wildman–Crippen MR) is 107 cm³/mol. The number of aromatic carboxylic acids is 1. The van der Waals surface area contributed by atoms with Crippen LogP contribution in [0.4, 0.5) is 0 Å². The van der Waals surface area contributed by atoms with E-state index in [2.05, 4.69) is 30.7 Å². The van der Waals surface area contributed by atoms with Crippen LogP contribution >= 0.6 is 0 Å². The lowest BCUT2D eigenvalue weighted by molar-refractivity contribution is 0.0696. The zero-order chi connectivity index (χ0) is 22.7. The second-order valence-corrected chi connectivity index (χ2v) is 6.39. The molecule has 0 atom stereocenters. The topological polar surface area (TPSA) is 178 Å². The number of hydrogen-bond donors (Lipinski definition) is 3. The molecule has 0 bridgehead atoms. The molecule has 0 spiro atoms. The zero-order valence-corrected chi connectivity index (χ0v) is 16.2. The molecule has 0 aliphatic rings. The van der Waals surface area contributed by atoms with Gasteiger partial charge in [0.05, 0.1) is 17.4 Å². The number of carbonyl (C=O) groups is 2. The van der Waals surface area contributed by atoms with Crippen molar-refractivity contribution in [3.05, 3.63) is 82.2 Å². The van der Waals surface area contributed by atoms with Crippen molar-refractivity contribution in [1.82, 2.24) is 40.1 Å². The van der Waals surface area contributed by atoms with E-state index in [9.17, 15) is 19.5 Å². The molecule has 13 heteroatoms. The summed E-state index contributed by atoms with van der Waals surface area (Å²) in [5.41, 5.74) is -0.202. The molecule has 1 aromatic carbocycles. The number of aromatic nitrogens is 7. The normalized spacial score (nSPS) is 10.6. The van der Waals surface area contributed by atoms with Gasteiger partial charge in [0.1, 0.15) is 0 Å². The Hall–Kier alpha value is -4.94. The van der Waals surface area contributed by atoms with Gasteiger partial charge in [0, 0.05) is 18.9 Å². The molecule has 32 heavy (non-hydrogen) atoms. The fourth-order valence-corrected chi connectivity index (χ4v) is 2.69. The van der Waals surface area contributed by atoms with Crippen molar-refractivity contribution in [1.29, 1.82) is 0 Å². The van der Waals surface area contributed by atoms with Gasteiger partial charge >= 0.3 is 5.97 Å². The average Bonchev–Trinajstić information content (AvgIpc) is 3.29. The molecule has 1 amide bonds. The van der Waals surface area contributed by atoms with E-state index in [-0.39, 0.29) is 18.1 Å². The lowest BCUT2D eigenvalue weighted by Crippen LogP contribution is -2.34. The largest absolute Gasteiger partial charge is 0.492 e. The second-order valence-electron chi connectivity index (χ2n) is 6.39. The van der Waals surface area contributed by atoms with Crippen molar-refractivity contribution in [2.45, 2.75) is 6.54 Å². The molecule has 0 radical (unpaired) electrons. The highest BCUT2D eigenvalue weighted by atomic mass is 16.4. The van der Waals surface area contributed by atoms with Crippen molar-refractivity contribution < 1.29 is 19.8 Å². The summed E-state index contributed by atoms with van der Waals surface area (Å²) in [6, 6.07) is 9.02. The van der Waals surface area contributed by atoms with Gasteiger partial charge < -0.3 is 15.5 Å². The number of aromatic hydroxyl groups is 1. The maximum absolute atomic E-state index is 12.8. The van der Waals surface area contributed by atoms with Gasteiger partial charge in [-0.3, -0.25) is 14.6 Å². The first kappa shape index (κ1) is 20.3. The Balaban J connectivity index is 1.61. The maximum Gasteiger partial charge on any atom is 0.335 e. The summed E-state index contributed by atoms with van der Waals surface area (Å²) in [5.74, 6) is -2.70. The van der Waals surface area contributed by atoms with E-state index < -0.39 is 29.0 Å². The van der Waals surface area contributed by atoms with Crippen LogP contribution in [-0.4, -0.2) is 56.8 Å². The first-order chi connectivity index (χ1) is 15.4. The first-order valence-corrected chi connectivity index (χ1v) is 9.06. The number of nitrogens with zero attached hydrogens (tertiary/aromatic N) is 7. The average molecular weight is 434 g/mol. The van der Waals surface area contributed by atoms with E-state index in [1.807, 2.05) is 0 Å². The number of amides is 1. The van der Waals surface area contributed by atoms with Gasteiger partial charge in [-0.15, -0.1) is 9.90 Å². The van der Waals surface area contributed by atoms with Crippen molar-refractivity contribution in [2.75, 3.05) is 0 Å². The van der Waals surface area contributed by atoms with E-state index in [0.717, 1.165) is 21.1 Å². The van der Waals surface area contributed by atoms with Crippen molar-refractivity contribution in [3.8, 4) is 17.5 Å². The van der Waals surface area contributed by atoms with Gasteiger partial charge in [-0.25, -0.2) is 14.3 Å². The fraction of sp³-hybridized carbons (Fsp3) is 0.0526. The van der Waals surface area contributed by atoms with E-state index in [1.54, 1.807) is 24.5 Å². The van der Waals surface area contributed by atoms with E-state index >= 15 is 0 Å². The Morgan fingerprint density at radius 1 is 1.06 bits per heavy atom. The third kappa shape index (κ3) is 4.16. The van der Waals surface area contributed by atoms with Gasteiger partial charge in [-0.1, -0.05) is 5.10 Å². The number of carbonyl (C=O) groups excluding carboxylic acids is 1. The van der Waals surface area contributed by atoms with Crippen LogP contribution in [0.3, 0.4) is 0 Å². The van der Waals surface area contributed by atoms with Crippen LogP contribution in [0.2, 0.25) is 0 Å². The maximum atomic E-state index is 12.8. The van der Waals surface area contributed by atoms with Crippen molar-refractivity contribution in [3.63, 3.8) is 0 Å². The minimum Gasteiger partial charge on any atom is -0.492 e. The molecule has 3 heterocycles. The van der Waals surface area contributed by atoms with Crippen LogP contribution in [0.5, 0.6) is 5.88 Å². The summed E-state index contributed by atoms with van der Waals surface area (Å²) in [6.07, 6.45) is 4.08. The first-order valence-electron chi connectivity index (χ1n) is 9.06. The number of carboxylic acids is 1. The summed E-state index contributed by atoms with van der Waals surface area (Å²) in [7, 11) is 0. The molecular weight excluding hydrogens is 420 g/mol. The molecule has 0 fully saturated rings. The zero-order valence-electron chi connectivity index (χ0n) is 16.2. The lowest BCUT2D eigenvalue weighted by atomic mass is 10.2. The van der Waals surface area contributed by atoms with E-state index in [4.69, 9.17) is 5.11 Å².